The van der Waals surface area contributed by atoms with Crippen molar-refractivity contribution in [2.24, 2.45) is 11.8 Å². The van der Waals surface area contributed by atoms with Gasteiger partial charge in [0, 0.05) is 13.1 Å². The molecule has 4 heteroatoms. The van der Waals surface area contributed by atoms with E-state index >= 15 is 0 Å². The lowest BCUT2D eigenvalue weighted by molar-refractivity contribution is -0.156. The van der Waals surface area contributed by atoms with Gasteiger partial charge in [-0.15, -0.1) is 0 Å². The molecule has 2 unspecified atom stereocenters. The van der Waals surface area contributed by atoms with Crippen LogP contribution in [-0.2, 0) is 9.59 Å². The molecule has 128 valence electrons. The predicted octanol–water partition coefficient (Wildman–Crippen LogP) is 4.11. The zero-order chi connectivity index (χ0) is 17.0. The van der Waals surface area contributed by atoms with Gasteiger partial charge < -0.3 is 10.0 Å². The van der Waals surface area contributed by atoms with Crippen LogP contribution in [0.3, 0.4) is 0 Å². The van der Waals surface area contributed by atoms with Crippen LogP contribution in [0.5, 0.6) is 0 Å². The van der Waals surface area contributed by atoms with Gasteiger partial charge in [0.25, 0.3) is 0 Å². The maximum absolute atomic E-state index is 12.0. The number of carbonyl (C=O) groups is 2. The summed E-state index contributed by atoms with van der Waals surface area (Å²) in [5.41, 5.74) is 0. The molecule has 1 amide bonds. The smallest absolute Gasteiger partial charge is 0.394 e. The fourth-order valence-corrected chi connectivity index (χ4v) is 2.54. The van der Waals surface area contributed by atoms with Crippen LogP contribution in [0.2, 0.25) is 0 Å². The minimum atomic E-state index is -1.35. The number of aliphatic carboxylic acids is 1. The normalized spacial score (nSPS) is 14.0. The minimum Gasteiger partial charge on any atom is -0.474 e. The van der Waals surface area contributed by atoms with Crippen LogP contribution in [0.25, 0.3) is 0 Å². The molecule has 0 saturated heterocycles. The van der Waals surface area contributed by atoms with E-state index in [2.05, 4.69) is 39.8 Å². The summed E-state index contributed by atoms with van der Waals surface area (Å²) < 4.78 is 0. The third-order valence-electron chi connectivity index (χ3n) is 4.12. The molecular formula is C18H33NO3. The number of amides is 1. The fraction of sp³-hybridized carbons (Fsp3) is 0.778. The summed E-state index contributed by atoms with van der Waals surface area (Å²) in [6.45, 7) is 9.45. The second-order valence-electron chi connectivity index (χ2n) is 5.94. The van der Waals surface area contributed by atoms with Crippen molar-refractivity contribution in [2.75, 3.05) is 13.1 Å². The Hall–Kier alpha value is -1.32. The number of hydrogen-bond donors (Lipinski definition) is 1. The van der Waals surface area contributed by atoms with Gasteiger partial charge in [-0.05, 0) is 31.1 Å². The Kier molecular flexibility index (Phi) is 11.5. The molecule has 0 spiro atoms. The van der Waals surface area contributed by atoms with Crippen LogP contribution in [0.1, 0.15) is 66.2 Å². The molecule has 0 radical (unpaired) electrons. The van der Waals surface area contributed by atoms with Crippen LogP contribution in [0.4, 0.5) is 0 Å². The molecular weight excluding hydrogens is 278 g/mol. The summed E-state index contributed by atoms with van der Waals surface area (Å²) in [4.78, 5) is 24.6. The highest BCUT2D eigenvalue weighted by molar-refractivity contribution is 6.31. The molecule has 22 heavy (non-hydrogen) atoms. The molecule has 0 aliphatic heterocycles. The molecule has 0 heterocycles. The van der Waals surface area contributed by atoms with Crippen molar-refractivity contribution in [1.82, 2.24) is 4.90 Å². The first-order valence-electron chi connectivity index (χ1n) is 8.68. The summed E-state index contributed by atoms with van der Waals surface area (Å²) in [5.74, 6) is -1.50. The molecule has 0 aromatic heterocycles. The third-order valence-corrected chi connectivity index (χ3v) is 4.12. The molecule has 0 rings (SSSR count). The summed E-state index contributed by atoms with van der Waals surface area (Å²) >= 11 is 0. The van der Waals surface area contributed by atoms with Gasteiger partial charge in [0.15, 0.2) is 0 Å². The van der Waals surface area contributed by atoms with Gasteiger partial charge in [-0.3, -0.25) is 4.79 Å². The molecule has 0 aromatic carbocycles. The third kappa shape index (κ3) is 8.20. The van der Waals surface area contributed by atoms with Crippen LogP contribution >= 0.6 is 0 Å². The summed E-state index contributed by atoms with van der Waals surface area (Å²) in [6, 6.07) is 0. The highest BCUT2D eigenvalue weighted by atomic mass is 16.4. The Bertz CT molecular complexity index is 352. The van der Waals surface area contributed by atoms with Crippen molar-refractivity contribution < 1.29 is 14.7 Å². The van der Waals surface area contributed by atoms with Crippen molar-refractivity contribution in [3.63, 3.8) is 0 Å². The van der Waals surface area contributed by atoms with E-state index in [1.54, 1.807) is 4.90 Å². The zero-order valence-corrected chi connectivity index (χ0v) is 14.7. The van der Waals surface area contributed by atoms with Gasteiger partial charge in [0.05, 0.1) is 0 Å². The highest BCUT2D eigenvalue weighted by Crippen LogP contribution is 2.17. The van der Waals surface area contributed by atoms with E-state index in [9.17, 15) is 9.59 Å². The Balaban J connectivity index is 4.90. The number of unbranched alkanes of at least 4 members (excludes halogenated alkanes) is 1. The van der Waals surface area contributed by atoms with Gasteiger partial charge in [-0.1, -0.05) is 59.1 Å². The van der Waals surface area contributed by atoms with Gasteiger partial charge in [-0.2, -0.15) is 0 Å². The second kappa shape index (κ2) is 12.2. The molecule has 4 nitrogen and oxygen atoms in total. The average molecular weight is 311 g/mol. The van der Waals surface area contributed by atoms with E-state index < -0.39 is 11.9 Å². The number of rotatable bonds is 11. The quantitative estimate of drug-likeness (QED) is 0.461. The first-order valence-corrected chi connectivity index (χ1v) is 8.68. The maximum atomic E-state index is 12.0. The number of carboxylic acid groups (broad SMARTS) is 1. The van der Waals surface area contributed by atoms with Gasteiger partial charge in [-0.25, -0.2) is 4.79 Å². The summed E-state index contributed by atoms with van der Waals surface area (Å²) in [7, 11) is 0. The molecule has 2 atom stereocenters. The number of nitrogens with zero attached hydrogens (tertiary/aromatic N) is 1. The van der Waals surface area contributed by atoms with Crippen molar-refractivity contribution in [2.45, 2.75) is 66.2 Å². The lowest BCUT2D eigenvalue weighted by atomic mass is 9.97. The molecule has 0 bridgehead atoms. The average Bonchev–Trinajstić information content (AvgIpc) is 2.52. The van der Waals surface area contributed by atoms with Crippen LogP contribution in [0.15, 0.2) is 12.2 Å². The van der Waals surface area contributed by atoms with Crippen LogP contribution in [0, 0.1) is 11.8 Å². The Morgan fingerprint density at radius 2 is 1.77 bits per heavy atom. The van der Waals surface area contributed by atoms with E-state index in [-0.39, 0.29) is 5.92 Å². The summed E-state index contributed by atoms with van der Waals surface area (Å²) in [5, 5.41) is 9.07. The highest BCUT2D eigenvalue weighted by Gasteiger charge is 2.25. The van der Waals surface area contributed by atoms with Crippen molar-refractivity contribution in [3.8, 4) is 0 Å². The van der Waals surface area contributed by atoms with Crippen molar-refractivity contribution in [1.29, 1.82) is 0 Å². The lowest BCUT2D eigenvalue weighted by Gasteiger charge is -2.28. The largest absolute Gasteiger partial charge is 0.474 e. The van der Waals surface area contributed by atoms with E-state index in [1.807, 2.05) is 0 Å². The Morgan fingerprint density at radius 1 is 1.09 bits per heavy atom. The predicted molar refractivity (Wildman–Crippen MR) is 90.7 cm³/mol. The number of carboxylic acids is 1. The van der Waals surface area contributed by atoms with Crippen LogP contribution < -0.4 is 0 Å². The van der Waals surface area contributed by atoms with E-state index in [0.29, 0.717) is 19.0 Å². The van der Waals surface area contributed by atoms with Crippen LogP contribution in [-0.4, -0.2) is 35.0 Å². The van der Waals surface area contributed by atoms with Gasteiger partial charge in [0.1, 0.15) is 0 Å². The van der Waals surface area contributed by atoms with Crippen molar-refractivity contribution in [3.05, 3.63) is 12.2 Å². The summed E-state index contributed by atoms with van der Waals surface area (Å²) in [6.07, 6.45) is 10.3. The van der Waals surface area contributed by atoms with E-state index in [1.165, 1.54) is 0 Å². The zero-order valence-electron chi connectivity index (χ0n) is 14.7. The monoisotopic (exact) mass is 311 g/mol. The molecule has 0 saturated carbocycles. The molecule has 0 aromatic rings. The van der Waals surface area contributed by atoms with Gasteiger partial charge >= 0.3 is 11.9 Å². The molecule has 0 aliphatic rings. The first-order chi connectivity index (χ1) is 10.5. The maximum Gasteiger partial charge on any atom is 0.394 e. The molecule has 0 fully saturated rings. The lowest BCUT2D eigenvalue weighted by Crippen LogP contribution is -2.42. The second-order valence-corrected chi connectivity index (χ2v) is 5.94. The van der Waals surface area contributed by atoms with E-state index in [0.717, 1.165) is 38.5 Å². The molecule has 0 aliphatic carbocycles. The number of hydrogen-bond acceptors (Lipinski definition) is 2. The number of allylic oxidation sites excluding steroid dienone is 1. The number of carbonyl (C=O) groups excluding carboxylic acids is 1. The molecule has 1 N–H and O–H groups in total. The van der Waals surface area contributed by atoms with Crippen molar-refractivity contribution >= 4 is 11.9 Å². The standard InChI is InChI=1S/C18H33NO3/c1-5-9-11-15(7-3)13-19(17(20)18(21)22)14-16(8-4)12-10-6-2/h9,11,15-16H,5-8,10,12-14H2,1-4H3,(H,21,22)/b11-9+. The van der Waals surface area contributed by atoms with Gasteiger partial charge in [0.2, 0.25) is 0 Å². The Morgan fingerprint density at radius 3 is 2.23 bits per heavy atom. The van der Waals surface area contributed by atoms with E-state index in [4.69, 9.17) is 5.11 Å². The first kappa shape index (κ1) is 20.7. The topological polar surface area (TPSA) is 57.6 Å². The fourth-order valence-electron chi connectivity index (χ4n) is 2.54. The minimum absolute atomic E-state index is 0.229. The Labute approximate surface area is 135 Å². The SMILES string of the molecule is CC/C=C/C(CC)CN(CC(CC)CCCC)C(=O)C(=O)O.